The van der Waals surface area contributed by atoms with Gasteiger partial charge in [-0.25, -0.2) is 9.97 Å². The highest BCUT2D eigenvalue weighted by molar-refractivity contribution is 5.76. The van der Waals surface area contributed by atoms with Crippen molar-refractivity contribution in [3.8, 4) is 0 Å². The molecule has 7 nitrogen and oxygen atoms in total. The van der Waals surface area contributed by atoms with Gasteiger partial charge in [-0.2, -0.15) is 0 Å². The zero-order valence-corrected chi connectivity index (χ0v) is 14.4. The van der Waals surface area contributed by atoms with E-state index in [1.807, 2.05) is 62.3 Å². The standard InChI is InChI=1S/C17H23N5O2/c1-21(2)16-13(10-15(23)24)17(22(3)4)20-14(19-16)9-11-5-7-12(18)8-6-11/h5-8H,9-10,18H2,1-4H3,(H,23,24)/i5+1. The van der Waals surface area contributed by atoms with Crippen molar-refractivity contribution in [3.63, 3.8) is 0 Å². The molecular weight excluding hydrogens is 307 g/mol. The molecule has 0 aliphatic rings. The van der Waals surface area contributed by atoms with Crippen molar-refractivity contribution in [3.05, 3.63) is 41.2 Å². The molecule has 3 N–H and O–H groups in total. The zero-order valence-electron chi connectivity index (χ0n) is 14.4. The third-order valence-electron chi connectivity index (χ3n) is 3.53. The molecule has 1 aromatic heterocycles. The first-order chi connectivity index (χ1) is 11.3. The average Bonchev–Trinajstić information content (AvgIpc) is 2.49. The second-order valence-electron chi connectivity index (χ2n) is 6.04. The number of rotatable bonds is 6. The van der Waals surface area contributed by atoms with Crippen molar-refractivity contribution in [2.45, 2.75) is 12.8 Å². The normalized spacial score (nSPS) is 10.5. The van der Waals surface area contributed by atoms with E-state index in [1.165, 1.54) is 0 Å². The molecule has 0 spiro atoms. The fourth-order valence-corrected chi connectivity index (χ4v) is 2.45. The van der Waals surface area contributed by atoms with Crippen LogP contribution >= 0.6 is 0 Å². The molecule has 0 unspecified atom stereocenters. The van der Waals surface area contributed by atoms with Crippen molar-refractivity contribution in [2.75, 3.05) is 43.7 Å². The van der Waals surface area contributed by atoms with Crippen LogP contribution in [-0.4, -0.2) is 49.2 Å². The second kappa shape index (κ2) is 7.16. The van der Waals surface area contributed by atoms with E-state index >= 15 is 0 Å². The lowest BCUT2D eigenvalue weighted by molar-refractivity contribution is -0.136. The minimum atomic E-state index is -0.906. The van der Waals surface area contributed by atoms with Gasteiger partial charge in [-0.1, -0.05) is 12.1 Å². The van der Waals surface area contributed by atoms with Gasteiger partial charge in [0.25, 0.3) is 0 Å². The molecule has 0 fully saturated rings. The average molecular weight is 330 g/mol. The molecule has 128 valence electrons. The molecule has 24 heavy (non-hydrogen) atoms. The number of carboxylic acids is 1. The van der Waals surface area contributed by atoms with Crippen molar-refractivity contribution in [1.82, 2.24) is 9.97 Å². The minimum Gasteiger partial charge on any atom is -0.481 e. The maximum Gasteiger partial charge on any atom is 0.308 e. The molecule has 0 aliphatic heterocycles. The summed E-state index contributed by atoms with van der Waals surface area (Å²) in [5, 5.41) is 9.21. The van der Waals surface area contributed by atoms with E-state index in [4.69, 9.17) is 5.73 Å². The van der Waals surface area contributed by atoms with E-state index in [0.29, 0.717) is 35.1 Å². The fourth-order valence-electron chi connectivity index (χ4n) is 2.45. The first-order valence-corrected chi connectivity index (χ1v) is 7.58. The number of hydrogen-bond acceptors (Lipinski definition) is 6. The lowest BCUT2D eigenvalue weighted by atomic mass is 10.1. The van der Waals surface area contributed by atoms with Crippen molar-refractivity contribution < 1.29 is 9.90 Å². The number of nitrogens with zero attached hydrogens (tertiary/aromatic N) is 4. The van der Waals surface area contributed by atoms with Gasteiger partial charge in [0.2, 0.25) is 0 Å². The highest BCUT2D eigenvalue weighted by atomic mass is 16.4. The molecule has 0 saturated heterocycles. The number of carboxylic acid groups (broad SMARTS) is 1. The molecule has 0 bridgehead atoms. The maximum atomic E-state index is 11.2. The molecule has 1 aromatic carbocycles. The molecule has 0 amide bonds. The lowest BCUT2D eigenvalue weighted by Gasteiger charge is -2.22. The minimum absolute atomic E-state index is 0.122. The number of hydrogen-bond donors (Lipinski definition) is 2. The molecule has 0 radical (unpaired) electrons. The molecule has 1 heterocycles. The van der Waals surface area contributed by atoms with E-state index in [9.17, 15) is 9.90 Å². The lowest BCUT2D eigenvalue weighted by Crippen LogP contribution is -2.22. The molecule has 0 saturated carbocycles. The highest BCUT2D eigenvalue weighted by Gasteiger charge is 2.20. The molecule has 2 rings (SSSR count). The number of benzene rings is 1. The van der Waals surface area contributed by atoms with Crippen molar-refractivity contribution in [1.29, 1.82) is 0 Å². The van der Waals surface area contributed by atoms with Gasteiger partial charge in [-0.05, 0) is 17.7 Å². The number of carbonyl (C=O) groups is 1. The van der Waals surface area contributed by atoms with E-state index in [0.717, 1.165) is 5.56 Å². The molecule has 7 heteroatoms. The highest BCUT2D eigenvalue weighted by Crippen LogP contribution is 2.26. The first-order valence-electron chi connectivity index (χ1n) is 7.58. The summed E-state index contributed by atoms with van der Waals surface area (Å²) in [6.07, 6.45) is 0.429. The number of anilines is 3. The third-order valence-corrected chi connectivity index (χ3v) is 3.53. The zero-order chi connectivity index (χ0) is 17.9. The van der Waals surface area contributed by atoms with Gasteiger partial charge in [0, 0.05) is 45.9 Å². The monoisotopic (exact) mass is 330 g/mol. The van der Waals surface area contributed by atoms with Crippen LogP contribution in [0.15, 0.2) is 24.3 Å². The number of nitrogens with two attached hydrogens (primary N) is 1. The van der Waals surface area contributed by atoms with Crippen molar-refractivity contribution in [2.24, 2.45) is 0 Å². The van der Waals surface area contributed by atoms with Crippen LogP contribution < -0.4 is 15.5 Å². The summed E-state index contributed by atoms with van der Waals surface area (Å²) in [6, 6.07) is 7.56. The Hall–Kier alpha value is -2.83. The molecule has 0 atom stereocenters. The quantitative estimate of drug-likeness (QED) is 0.773. The summed E-state index contributed by atoms with van der Waals surface area (Å²) in [7, 11) is 7.39. The van der Waals surface area contributed by atoms with Crippen LogP contribution in [0.25, 0.3) is 0 Å². The van der Waals surface area contributed by atoms with Gasteiger partial charge in [-0.15, -0.1) is 0 Å². The van der Waals surface area contributed by atoms with Crippen LogP contribution in [0.4, 0.5) is 17.3 Å². The van der Waals surface area contributed by atoms with E-state index < -0.39 is 5.97 Å². The van der Waals surface area contributed by atoms with Crippen LogP contribution in [0, 0.1) is 0 Å². The number of nitrogen functional groups attached to an aromatic ring is 1. The van der Waals surface area contributed by atoms with Crippen LogP contribution in [0.3, 0.4) is 0 Å². The summed E-state index contributed by atoms with van der Waals surface area (Å²) in [5.74, 6) is 0.987. The van der Waals surface area contributed by atoms with E-state index in [2.05, 4.69) is 9.97 Å². The Labute approximate surface area is 141 Å². The molecular formula is C17H23N5O2. The summed E-state index contributed by atoms with van der Waals surface area (Å²) >= 11 is 0. The Morgan fingerprint density at radius 1 is 1.04 bits per heavy atom. The van der Waals surface area contributed by atoms with Crippen molar-refractivity contribution >= 4 is 23.3 Å². The predicted octanol–water partition coefficient (Wildman–Crippen LogP) is 1.41. The van der Waals surface area contributed by atoms with Crippen LogP contribution in [0.1, 0.15) is 17.0 Å². The van der Waals surface area contributed by atoms with Gasteiger partial charge < -0.3 is 20.6 Å². The van der Waals surface area contributed by atoms with E-state index in [1.54, 1.807) is 0 Å². The number of aromatic nitrogens is 2. The molecule has 2 aromatic rings. The Kier molecular flexibility index (Phi) is 5.23. The Morgan fingerprint density at radius 2 is 1.54 bits per heavy atom. The van der Waals surface area contributed by atoms with Gasteiger partial charge in [0.15, 0.2) is 0 Å². The third kappa shape index (κ3) is 4.13. The Morgan fingerprint density at radius 3 is 1.96 bits per heavy atom. The van der Waals surface area contributed by atoms with Gasteiger partial charge in [-0.3, -0.25) is 4.79 Å². The summed E-state index contributed by atoms with van der Waals surface area (Å²) in [5.41, 5.74) is 8.08. The fraction of sp³-hybridized carbons (Fsp3) is 0.353. The topological polar surface area (TPSA) is 95.6 Å². The summed E-state index contributed by atoms with van der Waals surface area (Å²) in [4.78, 5) is 24.0. The second-order valence-corrected chi connectivity index (χ2v) is 6.04. The first kappa shape index (κ1) is 17.5. The summed E-state index contributed by atoms with van der Waals surface area (Å²) in [6.45, 7) is 0. The number of aliphatic carboxylic acids is 1. The Balaban J connectivity index is 2.49. The molecule has 0 aliphatic carbocycles. The van der Waals surface area contributed by atoms with Crippen LogP contribution in [0.2, 0.25) is 0 Å². The smallest absolute Gasteiger partial charge is 0.308 e. The van der Waals surface area contributed by atoms with E-state index in [-0.39, 0.29) is 6.42 Å². The SMILES string of the molecule is CN(C)c1nc(Cc2ccc(N)c[13cH]2)nc(N(C)C)c1CC(=O)O. The van der Waals surface area contributed by atoms with Gasteiger partial charge in [0.1, 0.15) is 17.5 Å². The van der Waals surface area contributed by atoms with Gasteiger partial charge in [0.05, 0.1) is 6.42 Å². The predicted molar refractivity (Wildman–Crippen MR) is 95.7 cm³/mol. The van der Waals surface area contributed by atoms with Crippen LogP contribution in [-0.2, 0) is 17.6 Å². The van der Waals surface area contributed by atoms with Crippen LogP contribution in [0.5, 0.6) is 0 Å². The maximum absolute atomic E-state index is 11.2. The Bertz CT molecular complexity index is 697. The van der Waals surface area contributed by atoms with Gasteiger partial charge >= 0.3 is 5.97 Å². The summed E-state index contributed by atoms with van der Waals surface area (Å²) < 4.78 is 0. The largest absolute Gasteiger partial charge is 0.481 e.